The van der Waals surface area contributed by atoms with Crippen molar-refractivity contribution in [2.24, 2.45) is 0 Å². The van der Waals surface area contributed by atoms with Gasteiger partial charge in [0.05, 0.1) is 11.1 Å². The molecule has 63 heavy (non-hydrogen) atoms. The minimum atomic E-state index is -0.0550. The van der Waals surface area contributed by atoms with Crippen molar-refractivity contribution in [3.63, 3.8) is 0 Å². The summed E-state index contributed by atoms with van der Waals surface area (Å²) < 4.78 is 0. The first-order chi connectivity index (χ1) is 30.7. The van der Waals surface area contributed by atoms with Gasteiger partial charge >= 0.3 is 0 Å². The van der Waals surface area contributed by atoms with Gasteiger partial charge in [0.25, 0.3) is 0 Å². The Morgan fingerprint density at radius 3 is 1.32 bits per heavy atom. The molecule has 310 valence electrons. The molecule has 4 unspecified atom stereocenters. The maximum atomic E-state index is 5.10. The SMILES string of the molecule is CC12CCCCC1(C)N(c1nccc3ccccc13)c1ccc(-c3ccc4c(c3)Cc3cc(-c5ccc6c(c5)C5(C)CCCCC5(C)N6c5nccc6ccccc56)ccc3-4)cc12. The normalized spacial score (nSPS) is 25.4. The van der Waals surface area contributed by atoms with Gasteiger partial charge in [-0.2, -0.15) is 0 Å². The minimum Gasteiger partial charge on any atom is -0.319 e. The van der Waals surface area contributed by atoms with Crippen LogP contribution in [0.2, 0.25) is 0 Å². The highest BCUT2D eigenvalue weighted by Crippen LogP contribution is 2.63. The standard InChI is InChI=1S/C59H54N4/c1-56-27-9-11-29-58(56,3)62(54-48-15-7-5-13-38(48)25-31-60-54)52-23-19-42(36-50(52)56)40-17-21-46-44(33-40)35-45-34-41(18-22-47(45)46)43-20-24-53-51(37-43)57(2)28-10-12-30-59(57,4)63(53)55-49-16-8-6-14-39(49)26-32-61-55/h5-8,13-26,31-34,36-37H,9-12,27-30,35H2,1-4H3. The van der Waals surface area contributed by atoms with Crippen LogP contribution in [0.1, 0.15) is 101 Å². The van der Waals surface area contributed by atoms with Gasteiger partial charge in [-0.3, -0.25) is 0 Å². The second kappa shape index (κ2) is 13.1. The number of pyridine rings is 2. The van der Waals surface area contributed by atoms with E-state index < -0.39 is 0 Å². The number of anilines is 4. The summed E-state index contributed by atoms with van der Waals surface area (Å²) in [5, 5.41) is 4.95. The van der Waals surface area contributed by atoms with Gasteiger partial charge in [-0.25, -0.2) is 9.97 Å². The molecule has 0 N–H and O–H groups in total. The van der Waals surface area contributed by atoms with Crippen molar-refractivity contribution in [2.45, 2.75) is 107 Å². The number of rotatable bonds is 4. The number of benzene rings is 6. The third kappa shape index (κ3) is 4.98. The number of hydrogen-bond acceptors (Lipinski definition) is 4. The quantitative estimate of drug-likeness (QED) is 0.177. The molecule has 3 aliphatic carbocycles. The van der Waals surface area contributed by atoms with Gasteiger partial charge in [0.15, 0.2) is 0 Å². The van der Waals surface area contributed by atoms with Crippen molar-refractivity contribution >= 4 is 44.6 Å². The van der Waals surface area contributed by atoms with Crippen LogP contribution in [-0.2, 0) is 17.3 Å². The lowest BCUT2D eigenvalue weighted by Gasteiger charge is -2.50. The Labute approximate surface area is 371 Å². The van der Waals surface area contributed by atoms with Crippen molar-refractivity contribution < 1.29 is 0 Å². The number of fused-ring (bicyclic) bond motifs is 11. The molecule has 2 saturated carbocycles. The zero-order valence-corrected chi connectivity index (χ0v) is 37.0. The molecule has 0 amide bonds. The molecule has 2 aliphatic heterocycles. The Morgan fingerprint density at radius 2 is 0.841 bits per heavy atom. The summed E-state index contributed by atoms with van der Waals surface area (Å²) in [6.45, 7) is 10.1. The Bertz CT molecular complexity index is 3000. The zero-order valence-electron chi connectivity index (χ0n) is 37.0. The topological polar surface area (TPSA) is 32.3 Å². The molecule has 0 spiro atoms. The van der Waals surface area contributed by atoms with Crippen molar-refractivity contribution in [3.05, 3.63) is 168 Å². The van der Waals surface area contributed by atoms with Crippen molar-refractivity contribution in [2.75, 3.05) is 9.80 Å². The van der Waals surface area contributed by atoms with Crippen LogP contribution in [0.4, 0.5) is 23.0 Å². The molecule has 4 heteroatoms. The molecule has 0 bridgehead atoms. The van der Waals surface area contributed by atoms with E-state index in [-0.39, 0.29) is 21.9 Å². The van der Waals surface area contributed by atoms with E-state index in [1.54, 1.807) is 0 Å². The average Bonchev–Trinajstić information content (AvgIpc) is 3.86. The lowest BCUT2D eigenvalue weighted by atomic mass is 9.61. The lowest BCUT2D eigenvalue weighted by molar-refractivity contribution is 0.194. The Kier molecular flexibility index (Phi) is 7.78. The van der Waals surface area contributed by atoms with Gasteiger partial charge in [-0.05, 0) is 149 Å². The van der Waals surface area contributed by atoms with E-state index in [9.17, 15) is 0 Å². The van der Waals surface area contributed by atoms with E-state index >= 15 is 0 Å². The van der Waals surface area contributed by atoms with Crippen LogP contribution >= 0.6 is 0 Å². The smallest absolute Gasteiger partial charge is 0.141 e. The molecule has 0 radical (unpaired) electrons. The molecule has 4 heterocycles. The molecule has 6 aromatic carbocycles. The van der Waals surface area contributed by atoms with Crippen LogP contribution in [0, 0.1) is 0 Å². The van der Waals surface area contributed by atoms with Crippen LogP contribution in [0.15, 0.2) is 146 Å². The molecule has 4 atom stereocenters. The Morgan fingerprint density at radius 1 is 0.429 bits per heavy atom. The third-order valence-corrected chi connectivity index (χ3v) is 17.5. The molecule has 4 nitrogen and oxygen atoms in total. The largest absolute Gasteiger partial charge is 0.319 e. The molecule has 5 aliphatic rings. The van der Waals surface area contributed by atoms with Crippen molar-refractivity contribution in [3.8, 4) is 33.4 Å². The summed E-state index contributed by atoms with van der Waals surface area (Å²) in [6.07, 6.45) is 14.6. The Hall–Kier alpha value is -6.26. The molecule has 13 rings (SSSR count). The lowest BCUT2D eigenvalue weighted by Crippen LogP contribution is -2.54. The highest BCUT2D eigenvalue weighted by Gasteiger charge is 2.59. The molecule has 0 saturated heterocycles. The number of nitrogens with zero attached hydrogens (tertiary/aromatic N) is 4. The fourth-order valence-electron chi connectivity index (χ4n) is 13.6. The van der Waals surface area contributed by atoms with Gasteiger partial charge in [-0.1, -0.05) is 137 Å². The fraction of sp³-hybridized carbons (Fsp3) is 0.288. The average molecular weight is 819 g/mol. The summed E-state index contributed by atoms with van der Waals surface area (Å²) in [5.74, 6) is 2.18. The van der Waals surface area contributed by atoms with Crippen LogP contribution in [-0.4, -0.2) is 21.0 Å². The predicted molar refractivity (Wildman–Crippen MR) is 262 cm³/mol. The van der Waals surface area contributed by atoms with E-state index in [0.29, 0.717) is 0 Å². The second-order valence-electron chi connectivity index (χ2n) is 20.4. The minimum absolute atomic E-state index is 0.0221. The van der Waals surface area contributed by atoms with Gasteiger partial charge < -0.3 is 9.80 Å². The van der Waals surface area contributed by atoms with Gasteiger partial charge in [0.1, 0.15) is 11.6 Å². The summed E-state index contributed by atoms with van der Waals surface area (Å²) in [4.78, 5) is 15.5. The second-order valence-corrected chi connectivity index (χ2v) is 20.4. The van der Waals surface area contributed by atoms with E-state index in [0.717, 1.165) is 30.9 Å². The molecule has 8 aromatic rings. The predicted octanol–water partition coefficient (Wildman–Crippen LogP) is 15.2. The molecule has 2 aromatic heterocycles. The summed E-state index contributed by atoms with van der Waals surface area (Å²) in [6, 6.07) is 50.9. The summed E-state index contributed by atoms with van der Waals surface area (Å²) in [7, 11) is 0. The van der Waals surface area contributed by atoms with Gasteiger partial charge in [0, 0.05) is 45.4 Å². The Balaban J connectivity index is 0.845. The van der Waals surface area contributed by atoms with Crippen molar-refractivity contribution in [1.82, 2.24) is 9.97 Å². The van der Waals surface area contributed by atoms with Crippen LogP contribution in [0.5, 0.6) is 0 Å². The summed E-state index contributed by atoms with van der Waals surface area (Å²) >= 11 is 0. The van der Waals surface area contributed by atoms with E-state index in [1.165, 1.54) is 127 Å². The molecular formula is C59H54N4. The first-order valence-electron chi connectivity index (χ1n) is 23.5. The monoisotopic (exact) mass is 818 g/mol. The van der Waals surface area contributed by atoms with Gasteiger partial charge in [-0.15, -0.1) is 0 Å². The third-order valence-electron chi connectivity index (χ3n) is 17.5. The maximum absolute atomic E-state index is 5.10. The molecule has 2 fully saturated rings. The fourth-order valence-corrected chi connectivity index (χ4v) is 13.6. The van der Waals surface area contributed by atoms with E-state index in [1.807, 2.05) is 12.4 Å². The zero-order chi connectivity index (χ0) is 42.3. The van der Waals surface area contributed by atoms with Crippen molar-refractivity contribution in [1.29, 1.82) is 0 Å². The van der Waals surface area contributed by atoms with Crippen LogP contribution in [0.25, 0.3) is 54.9 Å². The van der Waals surface area contributed by atoms with E-state index in [4.69, 9.17) is 9.97 Å². The van der Waals surface area contributed by atoms with Crippen LogP contribution in [0.3, 0.4) is 0 Å². The first kappa shape index (κ1) is 37.3. The van der Waals surface area contributed by atoms with Crippen LogP contribution < -0.4 is 9.80 Å². The number of hydrogen-bond donors (Lipinski definition) is 0. The summed E-state index contributed by atoms with van der Waals surface area (Å²) in [5.41, 5.74) is 16.3. The van der Waals surface area contributed by atoms with Gasteiger partial charge in [0.2, 0.25) is 0 Å². The first-order valence-corrected chi connectivity index (χ1v) is 23.5. The number of aromatic nitrogens is 2. The highest BCUT2D eigenvalue weighted by atomic mass is 15.3. The maximum Gasteiger partial charge on any atom is 0.141 e. The molecular weight excluding hydrogens is 765 g/mol. The highest BCUT2D eigenvalue weighted by molar-refractivity contribution is 5.98. The van der Waals surface area contributed by atoms with E-state index in [2.05, 4.69) is 171 Å².